The first-order valence-corrected chi connectivity index (χ1v) is 6.94. The Labute approximate surface area is 121 Å². The lowest BCUT2D eigenvalue weighted by Crippen LogP contribution is -2.39. The van der Waals surface area contributed by atoms with Gasteiger partial charge in [0.05, 0.1) is 0 Å². The molecule has 0 aliphatic heterocycles. The van der Waals surface area contributed by atoms with Crippen molar-refractivity contribution in [2.45, 2.75) is 0 Å². The van der Waals surface area contributed by atoms with Gasteiger partial charge in [0, 0.05) is 31.2 Å². The van der Waals surface area contributed by atoms with Crippen LogP contribution in [0.25, 0.3) is 0 Å². The number of rotatable bonds is 4. The van der Waals surface area contributed by atoms with Crippen molar-refractivity contribution in [3.63, 3.8) is 0 Å². The molecule has 0 aliphatic carbocycles. The minimum atomic E-state index is -0.175. The minimum absolute atomic E-state index is 0.0177. The molecule has 2 amide bonds. The lowest BCUT2D eigenvalue weighted by Gasteiger charge is -2.20. The van der Waals surface area contributed by atoms with E-state index in [2.05, 4.69) is 4.98 Å². The fraction of sp³-hybridized carbons (Fsp3) is 0.214. The SMILES string of the molecule is CN(CC(=O)N(C)c1nccs1)C(=O)c1ccccc1. The summed E-state index contributed by atoms with van der Waals surface area (Å²) in [7, 11) is 3.27. The second-order valence-corrected chi connectivity index (χ2v) is 5.17. The number of nitrogens with zero attached hydrogens (tertiary/aromatic N) is 3. The fourth-order valence-corrected chi connectivity index (χ4v) is 2.30. The molecule has 0 aliphatic rings. The molecule has 0 saturated carbocycles. The lowest BCUT2D eigenvalue weighted by molar-refractivity contribution is -0.118. The van der Waals surface area contributed by atoms with Gasteiger partial charge >= 0.3 is 0 Å². The Hall–Kier alpha value is -2.21. The van der Waals surface area contributed by atoms with Gasteiger partial charge < -0.3 is 4.90 Å². The molecule has 6 heteroatoms. The molecular weight excluding hydrogens is 274 g/mol. The Morgan fingerprint density at radius 3 is 2.50 bits per heavy atom. The van der Waals surface area contributed by atoms with Crippen molar-refractivity contribution in [1.29, 1.82) is 0 Å². The third kappa shape index (κ3) is 3.21. The van der Waals surface area contributed by atoms with Crippen molar-refractivity contribution in [3.8, 4) is 0 Å². The van der Waals surface area contributed by atoms with Crippen molar-refractivity contribution >= 4 is 28.3 Å². The summed E-state index contributed by atoms with van der Waals surface area (Å²) in [5.41, 5.74) is 0.569. The van der Waals surface area contributed by atoms with E-state index < -0.39 is 0 Å². The molecule has 20 heavy (non-hydrogen) atoms. The van der Waals surface area contributed by atoms with Gasteiger partial charge in [-0.25, -0.2) is 4.98 Å². The number of aromatic nitrogens is 1. The maximum absolute atomic E-state index is 12.1. The third-order valence-electron chi connectivity index (χ3n) is 2.82. The van der Waals surface area contributed by atoms with Crippen LogP contribution in [0, 0.1) is 0 Å². The van der Waals surface area contributed by atoms with Crippen LogP contribution in [0.15, 0.2) is 41.9 Å². The van der Waals surface area contributed by atoms with Crippen LogP contribution in [0.1, 0.15) is 10.4 Å². The molecule has 1 aromatic heterocycles. The highest BCUT2D eigenvalue weighted by molar-refractivity contribution is 7.13. The Morgan fingerprint density at radius 1 is 1.20 bits per heavy atom. The van der Waals surface area contributed by atoms with E-state index in [0.717, 1.165) is 0 Å². The normalized spacial score (nSPS) is 10.1. The third-order valence-corrected chi connectivity index (χ3v) is 3.67. The summed E-state index contributed by atoms with van der Waals surface area (Å²) in [5, 5.41) is 2.42. The van der Waals surface area contributed by atoms with Gasteiger partial charge in [-0.3, -0.25) is 14.5 Å². The zero-order valence-corrected chi connectivity index (χ0v) is 12.1. The first-order valence-electron chi connectivity index (χ1n) is 6.06. The molecule has 0 saturated heterocycles. The van der Waals surface area contributed by atoms with Gasteiger partial charge in [-0.1, -0.05) is 18.2 Å². The topological polar surface area (TPSA) is 53.5 Å². The van der Waals surface area contributed by atoms with Crippen molar-refractivity contribution in [3.05, 3.63) is 47.5 Å². The second-order valence-electron chi connectivity index (χ2n) is 4.29. The van der Waals surface area contributed by atoms with E-state index in [9.17, 15) is 9.59 Å². The van der Waals surface area contributed by atoms with Crippen LogP contribution in [0.3, 0.4) is 0 Å². The summed E-state index contributed by atoms with van der Waals surface area (Å²) in [6.45, 7) is 0.0177. The van der Waals surface area contributed by atoms with E-state index in [0.29, 0.717) is 10.7 Å². The van der Waals surface area contributed by atoms with E-state index in [1.54, 1.807) is 49.9 Å². The predicted octanol–water partition coefficient (Wildman–Crippen LogP) is 1.88. The average Bonchev–Trinajstić information content (AvgIpc) is 3.00. The molecule has 0 fully saturated rings. The molecule has 5 nitrogen and oxygen atoms in total. The molecule has 104 valence electrons. The maximum Gasteiger partial charge on any atom is 0.254 e. The Morgan fingerprint density at radius 2 is 1.90 bits per heavy atom. The van der Waals surface area contributed by atoms with Crippen molar-refractivity contribution in [2.24, 2.45) is 0 Å². The molecule has 0 radical (unpaired) electrons. The number of carbonyl (C=O) groups is 2. The van der Waals surface area contributed by atoms with Crippen LogP contribution in [0.5, 0.6) is 0 Å². The number of carbonyl (C=O) groups excluding carboxylic acids is 2. The van der Waals surface area contributed by atoms with E-state index >= 15 is 0 Å². The van der Waals surface area contributed by atoms with Gasteiger partial charge in [-0.05, 0) is 12.1 Å². The molecule has 1 heterocycles. The number of hydrogen-bond acceptors (Lipinski definition) is 4. The number of benzene rings is 1. The Balaban J connectivity index is 1.99. The Kier molecular flexibility index (Phi) is 4.47. The summed E-state index contributed by atoms with van der Waals surface area (Å²) in [5.74, 6) is -0.349. The number of likely N-dealkylation sites (N-methyl/N-ethyl adjacent to an activating group) is 2. The second kappa shape index (κ2) is 6.29. The monoisotopic (exact) mass is 289 g/mol. The van der Waals surface area contributed by atoms with Crippen molar-refractivity contribution < 1.29 is 9.59 Å². The molecule has 0 N–H and O–H groups in total. The molecule has 0 atom stereocenters. The fourth-order valence-electron chi connectivity index (χ4n) is 1.67. The summed E-state index contributed by atoms with van der Waals surface area (Å²) >= 11 is 1.38. The van der Waals surface area contributed by atoms with Crippen molar-refractivity contribution in [2.75, 3.05) is 25.5 Å². The first-order chi connectivity index (χ1) is 9.59. The molecule has 0 unspecified atom stereocenters. The summed E-state index contributed by atoms with van der Waals surface area (Å²) < 4.78 is 0. The predicted molar refractivity (Wildman–Crippen MR) is 78.9 cm³/mol. The van der Waals surface area contributed by atoms with E-state index in [1.165, 1.54) is 21.1 Å². The average molecular weight is 289 g/mol. The first kappa shape index (κ1) is 14.2. The highest BCUT2D eigenvalue weighted by Gasteiger charge is 2.19. The molecule has 2 aromatic rings. The number of amides is 2. The van der Waals surface area contributed by atoms with Crippen LogP contribution in [0.4, 0.5) is 5.13 Å². The van der Waals surface area contributed by atoms with Gasteiger partial charge in [-0.15, -0.1) is 11.3 Å². The Bertz CT molecular complexity index is 584. The van der Waals surface area contributed by atoms with Crippen LogP contribution < -0.4 is 4.90 Å². The van der Waals surface area contributed by atoms with Crippen LogP contribution >= 0.6 is 11.3 Å². The summed E-state index contributed by atoms with van der Waals surface area (Å²) in [4.78, 5) is 31.1. The van der Waals surface area contributed by atoms with Gasteiger partial charge in [0.25, 0.3) is 5.91 Å². The molecule has 2 rings (SSSR count). The van der Waals surface area contributed by atoms with Gasteiger partial charge in [-0.2, -0.15) is 0 Å². The molecule has 1 aromatic carbocycles. The molecular formula is C14H15N3O2S. The van der Waals surface area contributed by atoms with Crippen molar-refractivity contribution in [1.82, 2.24) is 9.88 Å². The maximum atomic E-state index is 12.1. The molecule has 0 spiro atoms. The largest absolute Gasteiger partial charge is 0.332 e. The van der Waals surface area contributed by atoms with Crippen LogP contribution in [-0.2, 0) is 4.79 Å². The van der Waals surface area contributed by atoms with E-state index in [1.807, 2.05) is 6.07 Å². The summed E-state index contributed by atoms with van der Waals surface area (Å²) in [6.07, 6.45) is 1.64. The van der Waals surface area contributed by atoms with Crippen LogP contribution in [-0.4, -0.2) is 42.3 Å². The quantitative estimate of drug-likeness (QED) is 0.863. The molecule has 0 bridgehead atoms. The lowest BCUT2D eigenvalue weighted by atomic mass is 10.2. The smallest absolute Gasteiger partial charge is 0.254 e. The van der Waals surface area contributed by atoms with E-state index in [-0.39, 0.29) is 18.4 Å². The highest BCUT2D eigenvalue weighted by atomic mass is 32.1. The zero-order chi connectivity index (χ0) is 14.5. The number of hydrogen-bond donors (Lipinski definition) is 0. The highest BCUT2D eigenvalue weighted by Crippen LogP contribution is 2.15. The van der Waals surface area contributed by atoms with Gasteiger partial charge in [0.2, 0.25) is 5.91 Å². The van der Waals surface area contributed by atoms with Gasteiger partial charge in [0.1, 0.15) is 6.54 Å². The standard InChI is InChI=1S/C14H15N3O2S/c1-16(13(19)11-6-4-3-5-7-11)10-12(18)17(2)14-15-8-9-20-14/h3-9H,10H2,1-2H3. The van der Waals surface area contributed by atoms with Crippen LogP contribution in [0.2, 0.25) is 0 Å². The summed E-state index contributed by atoms with van der Waals surface area (Å²) in [6, 6.07) is 8.90. The number of thiazole rings is 1. The minimum Gasteiger partial charge on any atom is -0.332 e. The van der Waals surface area contributed by atoms with E-state index in [4.69, 9.17) is 0 Å². The zero-order valence-electron chi connectivity index (χ0n) is 11.3. The van der Waals surface area contributed by atoms with Gasteiger partial charge in [0.15, 0.2) is 5.13 Å². The number of anilines is 1.